The molecule has 0 radical (unpaired) electrons. The first kappa shape index (κ1) is 13.2. The molecule has 0 saturated carbocycles. The molecule has 0 aliphatic heterocycles. The summed E-state index contributed by atoms with van der Waals surface area (Å²) in [7, 11) is 0. The van der Waals surface area contributed by atoms with Crippen molar-refractivity contribution in [2.75, 3.05) is 25.6 Å². The normalized spacial score (nSPS) is 10.1. The molecule has 0 saturated heterocycles. The van der Waals surface area contributed by atoms with Crippen molar-refractivity contribution in [2.45, 2.75) is 12.8 Å². The molecular formula is C12H18O3S. The average molecular weight is 242 g/mol. The van der Waals surface area contributed by atoms with Gasteiger partial charge in [0, 0.05) is 13.0 Å². The van der Waals surface area contributed by atoms with E-state index in [2.05, 4.69) is 12.6 Å². The lowest BCUT2D eigenvalue weighted by Gasteiger charge is -2.11. The lowest BCUT2D eigenvalue weighted by molar-refractivity contribution is 0.223. The van der Waals surface area contributed by atoms with Crippen LogP contribution in [0.25, 0.3) is 0 Å². The summed E-state index contributed by atoms with van der Waals surface area (Å²) in [5.74, 6) is 2.30. The van der Waals surface area contributed by atoms with Gasteiger partial charge < -0.3 is 14.6 Å². The maximum absolute atomic E-state index is 8.67. The second kappa shape index (κ2) is 8.30. The van der Waals surface area contributed by atoms with Gasteiger partial charge in [-0.3, -0.25) is 0 Å². The van der Waals surface area contributed by atoms with Gasteiger partial charge in [-0.2, -0.15) is 12.6 Å². The summed E-state index contributed by atoms with van der Waals surface area (Å²) >= 11 is 4.12. The third kappa shape index (κ3) is 4.77. The number of aliphatic hydroxyl groups is 1. The third-order valence-corrected chi connectivity index (χ3v) is 2.29. The zero-order valence-corrected chi connectivity index (χ0v) is 10.2. The van der Waals surface area contributed by atoms with Crippen LogP contribution in [0.4, 0.5) is 0 Å². The van der Waals surface area contributed by atoms with Crippen LogP contribution in [0.2, 0.25) is 0 Å². The van der Waals surface area contributed by atoms with E-state index in [1.807, 2.05) is 24.3 Å². The standard InChI is InChI=1S/C12H18O3S/c13-7-3-8-14-11-5-1-2-6-12(11)15-9-4-10-16/h1-2,5-6,13,16H,3-4,7-10H2. The summed E-state index contributed by atoms with van der Waals surface area (Å²) in [5.41, 5.74) is 0. The molecule has 0 fully saturated rings. The Morgan fingerprint density at radius 3 is 2.06 bits per heavy atom. The Bertz CT molecular complexity index is 262. The third-order valence-electron chi connectivity index (χ3n) is 1.97. The van der Waals surface area contributed by atoms with Gasteiger partial charge in [0.25, 0.3) is 0 Å². The molecule has 1 aromatic carbocycles. The Morgan fingerprint density at radius 2 is 1.56 bits per heavy atom. The summed E-state index contributed by atoms with van der Waals surface area (Å²) in [6.45, 7) is 1.29. The van der Waals surface area contributed by atoms with Crippen molar-refractivity contribution < 1.29 is 14.6 Å². The molecule has 0 aliphatic rings. The molecule has 0 spiro atoms. The minimum Gasteiger partial charge on any atom is -0.490 e. The van der Waals surface area contributed by atoms with Crippen molar-refractivity contribution in [3.8, 4) is 11.5 Å². The Kier molecular flexibility index (Phi) is 6.85. The van der Waals surface area contributed by atoms with Gasteiger partial charge in [0.15, 0.2) is 11.5 Å². The van der Waals surface area contributed by atoms with Crippen LogP contribution in [0.15, 0.2) is 24.3 Å². The number of hydrogen-bond donors (Lipinski definition) is 2. The second-order valence-corrected chi connectivity index (χ2v) is 3.75. The highest BCUT2D eigenvalue weighted by Crippen LogP contribution is 2.26. The van der Waals surface area contributed by atoms with Gasteiger partial charge in [-0.05, 0) is 24.3 Å². The topological polar surface area (TPSA) is 38.7 Å². The van der Waals surface area contributed by atoms with Gasteiger partial charge in [0.2, 0.25) is 0 Å². The maximum Gasteiger partial charge on any atom is 0.161 e. The highest BCUT2D eigenvalue weighted by atomic mass is 32.1. The van der Waals surface area contributed by atoms with Gasteiger partial charge in [0.05, 0.1) is 13.2 Å². The van der Waals surface area contributed by atoms with Crippen LogP contribution in [-0.4, -0.2) is 30.7 Å². The van der Waals surface area contributed by atoms with Crippen LogP contribution >= 0.6 is 12.6 Å². The number of hydrogen-bond acceptors (Lipinski definition) is 4. The smallest absolute Gasteiger partial charge is 0.161 e. The molecule has 0 bridgehead atoms. The second-order valence-electron chi connectivity index (χ2n) is 3.30. The van der Waals surface area contributed by atoms with E-state index in [0.717, 1.165) is 23.7 Å². The maximum atomic E-state index is 8.67. The average Bonchev–Trinajstić information content (AvgIpc) is 2.32. The zero-order valence-electron chi connectivity index (χ0n) is 9.26. The highest BCUT2D eigenvalue weighted by molar-refractivity contribution is 7.80. The van der Waals surface area contributed by atoms with Crippen LogP contribution in [0.5, 0.6) is 11.5 Å². The lowest BCUT2D eigenvalue weighted by atomic mass is 10.3. The van der Waals surface area contributed by atoms with Crippen LogP contribution in [-0.2, 0) is 0 Å². The Labute approximate surface area is 102 Å². The number of thiol groups is 1. The summed E-state index contributed by atoms with van der Waals surface area (Å²) in [4.78, 5) is 0. The molecule has 1 N–H and O–H groups in total. The van der Waals surface area contributed by atoms with Crippen molar-refractivity contribution in [1.82, 2.24) is 0 Å². The van der Waals surface area contributed by atoms with Crippen LogP contribution in [0.3, 0.4) is 0 Å². The minimum atomic E-state index is 0.142. The molecule has 0 atom stereocenters. The number of aliphatic hydroxyl groups excluding tert-OH is 1. The van der Waals surface area contributed by atoms with E-state index < -0.39 is 0 Å². The van der Waals surface area contributed by atoms with Crippen LogP contribution in [0.1, 0.15) is 12.8 Å². The van der Waals surface area contributed by atoms with E-state index in [1.54, 1.807) is 0 Å². The molecule has 0 unspecified atom stereocenters. The van der Waals surface area contributed by atoms with Crippen molar-refractivity contribution in [3.05, 3.63) is 24.3 Å². The Hall–Kier alpha value is -0.870. The summed E-state index contributed by atoms with van der Waals surface area (Å²) in [5, 5.41) is 8.67. The van der Waals surface area contributed by atoms with Gasteiger partial charge in [0.1, 0.15) is 0 Å². The van der Waals surface area contributed by atoms with Gasteiger partial charge >= 0.3 is 0 Å². The van der Waals surface area contributed by atoms with Crippen LogP contribution < -0.4 is 9.47 Å². The Morgan fingerprint density at radius 1 is 1.00 bits per heavy atom. The monoisotopic (exact) mass is 242 g/mol. The van der Waals surface area contributed by atoms with Gasteiger partial charge in [-0.1, -0.05) is 12.1 Å². The van der Waals surface area contributed by atoms with E-state index in [0.29, 0.717) is 19.6 Å². The first-order chi connectivity index (χ1) is 7.88. The molecule has 1 aromatic rings. The number of rotatable bonds is 8. The molecule has 0 amide bonds. The molecule has 0 aromatic heterocycles. The van der Waals surface area contributed by atoms with E-state index in [9.17, 15) is 0 Å². The molecule has 1 rings (SSSR count). The molecule has 3 nitrogen and oxygen atoms in total. The van der Waals surface area contributed by atoms with E-state index in [-0.39, 0.29) is 6.61 Å². The number of ether oxygens (including phenoxy) is 2. The van der Waals surface area contributed by atoms with E-state index in [1.165, 1.54) is 0 Å². The van der Waals surface area contributed by atoms with Crippen molar-refractivity contribution in [3.63, 3.8) is 0 Å². The fourth-order valence-electron chi connectivity index (χ4n) is 1.18. The number of para-hydroxylation sites is 2. The lowest BCUT2D eigenvalue weighted by Crippen LogP contribution is -2.03. The first-order valence-electron chi connectivity index (χ1n) is 5.45. The summed E-state index contributed by atoms with van der Waals surface area (Å²) in [6.07, 6.45) is 1.54. The van der Waals surface area contributed by atoms with Crippen molar-refractivity contribution >= 4 is 12.6 Å². The molecular weight excluding hydrogens is 224 g/mol. The molecule has 4 heteroatoms. The van der Waals surface area contributed by atoms with Gasteiger partial charge in [-0.25, -0.2) is 0 Å². The van der Waals surface area contributed by atoms with Crippen LogP contribution in [0, 0.1) is 0 Å². The molecule has 90 valence electrons. The highest BCUT2D eigenvalue weighted by Gasteiger charge is 2.03. The van der Waals surface area contributed by atoms with Gasteiger partial charge in [-0.15, -0.1) is 0 Å². The van der Waals surface area contributed by atoms with Crippen molar-refractivity contribution in [2.24, 2.45) is 0 Å². The zero-order chi connectivity index (χ0) is 11.6. The SMILES string of the molecule is OCCCOc1ccccc1OCCCS. The van der Waals surface area contributed by atoms with Crippen molar-refractivity contribution in [1.29, 1.82) is 0 Å². The minimum absolute atomic E-state index is 0.142. The van der Waals surface area contributed by atoms with E-state index >= 15 is 0 Å². The predicted octanol–water partition coefficient (Wildman–Crippen LogP) is 2.15. The molecule has 16 heavy (non-hydrogen) atoms. The first-order valence-corrected chi connectivity index (χ1v) is 6.08. The fourth-order valence-corrected chi connectivity index (χ4v) is 1.31. The Balaban J connectivity index is 2.46. The van der Waals surface area contributed by atoms with E-state index in [4.69, 9.17) is 14.6 Å². The summed E-state index contributed by atoms with van der Waals surface area (Å²) in [6, 6.07) is 7.56. The quantitative estimate of drug-likeness (QED) is 0.542. The summed E-state index contributed by atoms with van der Waals surface area (Å²) < 4.78 is 11.1. The fraction of sp³-hybridized carbons (Fsp3) is 0.500. The largest absolute Gasteiger partial charge is 0.490 e. The molecule has 0 aliphatic carbocycles. The molecule has 0 heterocycles. The number of benzene rings is 1. The predicted molar refractivity (Wildman–Crippen MR) is 67.6 cm³/mol.